The summed E-state index contributed by atoms with van der Waals surface area (Å²) in [4.78, 5) is 31.4. The predicted octanol–water partition coefficient (Wildman–Crippen LogP) is 4.61. The number of ether oxygens (including phenoxy) is 1. The van der Waals surface area contributed by atoms with Gasteiger partial charge >= 0.3 is 5.97 Å². The van der Waals surface area contributed by atoms with Crippen molar-refractivity contribution in [2.45, 2.75) is 44.6 Å². The van der Waals surface area contributed by atoms with Crippen molar-refractivity contribution in [2.24, 2.45) is 0 Å². The van der Waals surface area contributed by atoms with Gasteiger partial charge < -0.3 is 9.64 Å². The summed E-state index contributed by atoms with van der Waals surface area (Å²) in [5.74, 6) is -0.503. The molecule has 1 saturated heterocycles. The number of esters is 1. The monoisotopic (exact) mass is 456 g/mol. The van der Waals surface area contributed by atoms with Crippen LogP contribution < -0.4 is 4.90 Å². The van der Waals surface area contributed by atoms with E-state index in [0.717, 1.165) is 41.6 Å². The molecule has 0 amide bonds. The average molecular weight is 457 g/mol. The van der Waals surface area contributed by atoms with Crippen molar-refractivity contribution in [1.29, 1.82) is 5.26 Å². The SMILES string of the molecule is CCOC(=O)c1c([C@]2(C#N)Cc3cc([N+](=O)[O-])ccc3N3CCC[C@@H]32)nc2ccccc2c1C. The minimum Gasteiger partial charge on any atom is -0.462 e. The van der Waals surface area contributed by atoms with Crippen LogP contribution >= 0.6 is 0 Å². The molecule has 0 N–H and O–H groups in total. The van der Waals surface area contributed by atoms with Crippen LogP contribution in [-0.4, -0.2) is 35.1 Å². The van der Waals surface area contributed by atoms with E-state index in [0.29, 0.717) is 16.8 Å². The minimum absolute atomic E-state index is 0.0171. The molecule has 2 aliphatic rings. The number of benzene rings is 2. The van der Waals surface area contributed by atoms with Crippen molar-refractivity contribution in [1.82, 2.24) is 4.98 Å². The predicted molar refractivity (Wildman–Crippen MR) is 127 cm³/mol. The molecule has 1 aromatic heterocycles. The Morgan fingerprint density at radius 2 is 2.15 bits per heavy atom. The van der Waals surface area contributed by atoms with Crippen molar-refractivity contribution in [3.63, 3.8) is 0 Å². The van der Waals surface area contributed by atoms with E-state index in [1.165, 1.54) is 6.07 Å². The van der Waals surface area contributed by atoms with Crippen molar-refractivity contribution in [3.05, 3.63) is 75.0 Å². The van der Waals surface area contributed by atoms with Crippen LogP contribution in [0.1, 0.15) is 46.9 Å². The number of nitro benzene ring substituents is 1. The first kappa shape index (κ1) is 21.8. The van der Waals surface area contributed by atoms with Gasteiger partial charge in [0.05, 0.1) is 40.4 Å². The second kappa shape index (κ2) is 8.10. The van der Waals surface area contributed by atoms with Crippen LogP contribution in [0.2, 0.25) is 0 Å². The van der Waals surface area contributed by atoms with Gasteiger partial charge in [0.2, 0.25) is 0 Å². The third-order valence-corrected chi connectivity index (χ3v) is 7.13. The quantitative estimate of drug-likeness (QED) is 0.320. The Hall–Kier alpha value is -3.99. The molecule has 3 aromatic rings. The molecule has 2 aromatic carbocycles. The van der Waals surface area contributed by atoms with Crippen molar-refractivity contribution >= 4 is 28.2 Å². The molecule has 8 nitrogen and oxygen atoms in total. The zero-order valence-corrected chi connectivity index (χ0v) is 19.1. The molecule has 0 aliphatic carbocycles. The van der Waals surface area contributed by atoms with Gasteiger partial charge in [-0.25, -0.2) is 4.79 Å². The molecule has 0 bridgehead atoms. The van der Waals surface area contributed by atoms with E-state index in [-0.39, 0.29) is 24.8 Å². The Balaban J connectivity index is 1.81. The van der Waals surface area contributed by atoms with Crippen LogP contribution in [0.3, 0.4) is 0 Å². The lowest BCUT2D eigenvalue weighted by molar-refractivity contribution is -0.384. The van der Waals surface area contributed by atoms with Gasteiger partial charge in [-0.15, -0.1) is 0 Å². The number of carbonyl (C=O) groups is 1. The van der Waals surface area contributed by atoms with E-state index in [4.69, 9.17) is 9.72 Å². The van der Waals surface area contributed by atoms with Gasteiger partial charge in [-0.05, 0) is 49.9 Å². The number of nitriles is 1. The summed E-state index contributed by atoms with van der Waals surface area (Å²) in [6, 6.07) is 14.7. The molecule has 172 valence electrons. The average Bonchev–Trinajstić information content (AvgIpc) is 3.34. The zero-order chi connectivity index (χ0) is 24.0. The van der Waals surface area contributed by atoms with Crippen molar-refractivity contribution in [3.8, 4) is 6.07 Å². The molecule has 2 atom stereocenters. The highest BCUT2D eigenvalue weighted by molar-refractivity contribution is 5.99. The van der Waals surface area contributed by atoms with Crippen LogP contribution in [0.5, 0.6) is 0 Å². The van der Waals surface area contributed by atoms with Gasteiger partial charge in [0, 0.05) is 36.2 Å². The standard InChI is InChI=1S/C26H24N4O4/c1-3-34-25(31)23-16(2)19-7-4-5-8-20(19)28-24(23)26(15-27)14-17-13-18(30(32)33)10-11-21(17)29-12-6-9-22(26)29/h4-5,7-8,10-11,13,22H,3,6,9,12,14H2,1-2H3/t22-,26+/m1/s1. The number of hydrogen-bond acceptors (Lipinski definition) is 7. The lowest BCUT2D eigenvalue weighted by Gasteiger charge is -2.45. The molecule has 3 heterocycles. The van der Waals surface area contributed by atoms with Gasteiger partial charge in [0.25, 0.3) is 5.69 Å². The summed E-state index contributed by atoms with van der Waals surface area (Å²) in [6.07, 6.45) is 1.88. The molecule has 8 heteroatoms. The summed E-state index contributed by atoms with van der Waals surface area (Å²) in [7, 11) is 0. The molecule has 2 aliphatic heterocycles. The summed E-state index contributed by atoms with van der Waals surface area (Å²) >= 11 is 0. The number of fused-ring (bicyclic) bond motifs is 4. The first-order valence-corrected chi connectivity index (χ1v) is 11.4. The van der Waals surface area contributed by atoms with Crippen LogP contribution in [0.15, 0.2) is 42.5 Å². The topological polar surface area (TPSA) is 109 Å². The lowest BCUT2D eigenvalue weighted by Crippen LogP contribution is -2.53. The number of nitro groups is 1. The van der Waals surface area contributed by atoms with Crippen molar-refractivity contribution < 1.29 is 14.5 Å². The van der Waals surface area contributed by atoms with E-state index in [1.807, 2.05) is 31.2 Å². The Labute approximate surface area is 196 Å². The Bertz CT molecular complexity index is 1380. The van der Waals surface area contributed by atoms with Crippen LogP contribution in [0, 0.1) is 28.4 Å². The van der Waals surface area contributed by atoms with Crippen LogP contribution in [-0.2, 0) is 16.6 Å². The molecule has 1 fully saturated rings. The maximum Gasteiger partial charge on any atom is 0.340 e. The highest BCUT2D eigenvalue weighted by Gasteiger charge is 2.53. The number of anilines is 1. The van der Waals surface area contributed by atoms with Gasteiger partial charge in [0.1, 0.15) is 5.41 Å². The number of para-hydroxylation sites is 1. The van der Waals surface area contributed by atoms with E-state index in [9.17, 15) is 20.2 Å². The zero-order valence-electron chi connectivity index (χ0n) is 19.1. The second-order valence-corrected chi connectivity index (χ2v) is 8.88. The third-order valence-electron chi connectivity index (χ3n) is 7.13. The molecule has 0 spiro atoms. The Kier molecular flexibility index (Phi) is 5.20. The first-order valence-electron chi connectivity index (χ1n) is 11.4. The second-order valence-electron chi connectivity index (χ2n) is 8.88. The number of non-ortho nitro benzene ring substituents is 1. The lowest BCUT2D eigenvalue weighted by atomic mass is 9.68. The van der Waals surface area contributed by atoms with E-state index in [1.54, 1.807) is 19.1 Å². The summed E-state index contributed by atoms with van der Waals surface area (Å²) in [5, 5.41) is 23.0. The number of nitrogens with zero attached hydrogens (tertiary/aromatic N) is 4. The molecule has 0 saturated carbocycles. The fourth-order valence-corrected chi connectivity index (χ4v) is 5.65. The largest absolute Gasteiger partial charge is 0.462 e. The number of rotatable bonds is 4. The summed E-state index contributed by atoms with van der Waals surface area (Å²) in [6.45, 7) is 4.55. The van der Waals surface area contributed by atoms with E-state index in [2.05, 4.69) is 11.0 Å². The number of hydrogen-bond donors (Lipinski definition) is 0. The maximum absolute atomic E-state index is 13.2. The van der Waals surface area contributed by atoms with E-state index >= 15 is 0 Å². The third kappa shape index (κ3) is 3.11. The molecule has 0 unspecified atom stereocenters. The number of carbonyl (C=O) groups excluding carboxylic acids is 1. The molecular weight excluding hydrogens is 432 g/mol. The fourth-order valence-electron chi connectivity index (χ4n) is 5.65. The molecule has 34 heavy (non-hydrogen) atoms. The van der Waals surface area contributed by atoms with Crippen molar-refractivity contribution in [2.75, 3.05) is 18.1 Å². The maximum atomic E-state index is 13.2. The van der Waals surface area contributed by atoms with Gasteiger partial charge in [-0.1, -0.05) is 18.2 Å². The molecular formula is C26H24N4O4. The summed E-state index contributed by atoms with van der Waals surface area (Å²) < 4.78 is 5.42. The number of aromatic nitrogens is 1. The summed E-state index contributed by atoms with van der Waals surface area (Å²) in [5.41, 5.74) is 2.61. The van der Waals surface area contributed by atoms with Gasteiger partial charge in [-0.2, -0.15) is 5.26 Å². The van der Waals surface area contributed by atoms with Crippen LogP contribution in [0.25, 0.3) is 10.9 Å². The molecule has 0 radical (unpaired) electrons. The highest BCUT2D eigenvalue weighted by atomic mass is 16.6. The van der Waals surface area contributed by atoms with Crippen LogP contribution in [0.4, 0.5) is 11.4 Å². The molecule has 5 rings (SSSR count). The minimum atomic E-state index is -1.16. The first-order chi connectivity index (χ1) is 16.4. The highest BCUT2D eigenvalue weighted by Crippen LogP contribution is 2.49. The number of pyridine rings is 1. The van der Waals surface area contributed by atoms with Gasteiger partial charge in [0.15, 0.2) is 0 Å². The normalized spacial score (nSPS) is 21.0. The Morgan fingerprint density at radius 1 is 1.35 bits per heavy atom. The van der Waals surface area contributed by atoms with E-state index < -0.39 is 16.3 Å². The Morgan fingerprint density at radius 3 is 2.88 bits per heavy atom. The van der Waals surface area contributed by atoms with Gasteiger partial charge in [-0.3, -0.25) is 15.1 Å². The smallest absolute Gasteiger partial charge is 0.340 e. The number of aryl methyl sites for hydroxylation is 1. The fraction of sp³-hybridized carbons (Fsp3) is 0.346.